The van der Waals surface area contributed by atoms with Crippen LogP contribution in [0.3, 0.4) is 0 Å². The quantitative estimate of drug-likeness (QED) is 0.538. The standard InChI is InChI=1S/C23H26FN5O6S/c1-5-11-8-15(36-28-11)18-16-12(9-29(20(16)30)22(32)33)17(24)19(27-18)25-13-6-7-34-10-14(13)26-21(31)35-23(2,3)4/h5,8,13-14H,1,6-7,9-10H2,2-4H3,(H,25,27)(H,26,31)(H,32,33)/t13-,14+/m1/s1. The van der Waals surface area contributed by atoms with Crippen molar-refractivity contribution in [2.24, 2.45) is 0 Å². The van der Waals surface area contributed by atoms with Crippen molar-refractivity contribution in [1.29, 1.82) is 0 Å². The lowest BCUT2D eigenvalue weighted by atomic mass is 10.0. The summed E-state index contributed by atoms with van der Waals surface area (Å²) in [6, 6.07) is 0.608. The number of aromatic nitrogens is 2. The molecule has 4 heterocycles. The van der Waals surface area contributed by atoms with Crippen LogP contribution < -0.4 is 10.6 Å². The molecule has 1 fully saturated rings. The molecule has 1 saturated heterocycles. The second-order valence-corrected chi connectivity index (χ2v) is 10.1. The third-order valence-electron chi connectivity index (χ3n) is 5.59. The van der Waals surface area contributed by atoms with Gasteiger partial charge >= 0.3 is 12.2 Å². The number of anilines is 1. The van der Waals surface area contributed by atoms with Crippen LogP contribution in [0.15, 0.2) is 12.6 Å². The van der Waals surface area contributed by atoms with Crippen molar-refractivity contribution in [3.63, 3.8) is 0 Å². The number of hydrogen-bond acceptors (Lipinski definition) is 9. The van der Waals surface area contributed by atoms with E-state index in [9.17, 15) is 19.5 Å². The number of pyridine rings is 1. The van der Waals surface area contributed by atoms with Gasteiger partial charge in [-0.2, -0.15) is 4.37 Å². The van der Waals surface area contributed by atoms with Crippen LogP contribution in [0.25, 0.3) is 16.6 Å². The molecule has 0 bridgehead atoms. The normalized spacial score (nSPS) is 19.6. The van der Waals surface area contributed by atoms with E-state index in [1.54, 1.807) is 26.8 Å². The molecule has 2 atom stereocenters. The molecule has 36 heavy (non-hydrogen) atoms. The van der Waals surface area contributed by atoms with E-state index in [-0.39, 0.29) is 29.2 Å². The van der Waals surface area contributed by atoms with Crippen molar-refractivity contribution in [3.8, 4) is 10.6 Å². The molecule has 0 saturated carbocycles. The number of halogens is 1. The maximum atomic E-state index is 15.6. The van der Waals surface area contributed by atoms with Crippen LogP contribution in [0.4, 0.5) is 19.8 Å². The largest absolute Gasteiger partial charge is 0.465 e. The zero-order chi connectivity index (χ0) is 26.2. The predicted octanol–water partition coefficient (Wildman–Crippen LogP) is 3.72. The van der Waals surface area contributed by atoms with Gasteiger partial charge in [-0.3, -0.25) is 4.79 Å². The molecular weight excluding hydrogens is 493 g/mol. The number of ether oxygens (including phenoxy) is 2. The number of hydrogen-bond donors (Lipinski definition) is 3. The van der Waals surface area contributed by atoms with Crippen LogP contribution >= 0.6 is 11.5 Å². The number of carbonyl (C=O) groups is 3. The lowest BCUT2D eigenvalue weighted by Crippen LogP contribution is -2.53. The number of carbonyl (C=O) groups excluding carboxylic acids is 2. The number of amides is 3. The van der Waals surface area contributed by atoms with Crippen LogP contribution in [0.5, 0.6) is 0 Å². The van der Waals surface area contributed by atoms with Gasteiger partial charge in [-0.05, 0) is 50.9 Å². The number of nitrogens with zero attached hydrogens (tertiary/aromatic N) is 3. The van der Waals surface area contributed by atoms with Gasteiger partial charge in [-0.15, -0.1) is 0 Å². The summed E-state index contributed by atoms with van der Waals surface area (Å²) < 4.78 is 30.7. The summed E-state index contributed by atoms with van der Waals surface area (Å²) in [6.07, 6.45) is -0.186. The van der Waals surface area contributed by atoms with Crippen molar-refractivity contribution in [3.05, 3.63) is 35.3 Å². The Morgan fingerprint density at radius 3 is 2.78 bits per heavy atom. The first-order valence-corrected chi connectivity index (χ1v) is 12.0. The van der Waals surface area contributed by atoms with Gasteiger partial charge in [0, 0.05) is 12.2 Å². The first-order chi connectivity index (χ1) is 17.0. The number of fused-ring (bicyclic) bond motifs is 1. The molecule has 3 N–H and O–H groups in total. The van der Waals surface area contributed by atoms with E-state index in [1.807, 2.05) is 0 Å². The molecule has 192 valence electrons. The fourth-order valence-corrected chi connectivity index (χ4v) is 4.71. The maximum absolute atomic E-state index is 15.6. The highest BCUT2D eigenvalue weighted by Gasteiger charge is 2.40. The van der Waals surface area contributed by atoms with Crippen molar-refractivity contribution >= 4 is 41.5 Å². The molecule has 2 aliphatic rings. The van der Waals surface area contributed by atoms with Crippen molar-refractivity contribution in [2.75, 3.05) is 18.5 Å². The molecule has 2 aliphatic heterocycles. The van der Waals surface area contributed by atoms with Crippen LogP contribution in [0, 0.1) is 5.82 Å². The van der Waals surface area contributed by atoms with E-state index in [2.05, 4.69) is 26.6 Å². The van der Waals surface area contributed by atoms with Gasteiger partial charge in [0.05, 0.1) is 47.1 Å². The first-order valence-electron chi connectivity index (χ1n) is 11.2. The number of carboxylic acid groups (broad SMARTS) is 1. The van der Waals surface area contributed by atoms with E-state index >= 15 is 4.39 Å². The molecular formula is C23H26FN5O6S. The summed E-state index contributed by atoms with van der Waals surface area (Å²) in [5.74, 6) is -1.85. The third-order valence-corrected chi connectivity index (χ3v) is 6.40. The number of alkyl carbamates (subject to hydrolysis) is 1. The fourth-order valence-electron chi connectivity index (χ4n) is 3.97. The van der Waals surface area contributed by atoms with Gasteiger partial charge in [-0.1, -0.05) is 6.58 Å². The zero-order valence-electron chi connectivity index (χ0n) is 20.0. The smallest absolute Gasteiger partial charge is 0.414 e. The summed E-state index contributed by atoms with van der Waals surface area (Å²) >= 11 is 1.03. The average Bonchev–Trinajstić information content (AvgIpc) is 3.41. The maximum Gasteiger partial charge on any atom is 0.414 e. The fraction of sp³-hybridized carbons (Fsp3) is 0.435. The monoisotopic (exact) mass is 519 g/mol. The summed E-state index contributed by atoms with van der Waals surface area (Å²) in [6.45, 7) is 8.97. The van der Waals surface area contributed by atoms with E-state index in [1.165, 1.54) is 6.08 Å². The molecule has 0 aromatic carbocycles. The molecule has 11 nitrogen and oxygen atoms in total. The van der Waals surface area contributed by atoms with Gasteiger partial charge in [-0.25, -0.2) is 23.9 Å². The lowest BCUT2D eigenvalue weighted by molar-refractivity contribution is 0.0317. The number of rotatable bonds is 5. The lowest BCUT2D eigenvalue weighted by Gasteiger charge is -2.33. The van der Waals surface area contributed by atoms with Gasteiger partial charge in [0.25, 0.3) is 5.91 Å². The van der Waals surface area contributed by atoms with Crippen LogP contribution in [-0.2, 0) is 16.0 Å². The van der Waals surface area contributed by atoms with Crippen molar-refractivity contribution < 1.29 is 33.4 Å². The minimum atomic E-state index is -1.49. The van der Waals surface area contributed by atoms with E-state index in [4.69, 9.17) is 9.47 Å². The molecule has 0 unspecified atom stereocenters. The van der Waals surface area contributed by atoms with Gasteiger partial charge in [0.1, 0.15) is 5.60 Å². The molecule has 0 radical (unpaired) electrons. The Bertz CT molecular complexity index is 1230. The Morgan fingerprint density at radius 1 is 1.39 bits per heavy atom. The Balaban J connectivity index is 1.70. The highest BCUT2D eigenvalue weighted by Crippen LogP contribution is 2.38. The minimum Gasteiger partial charge on any atom is -0.465 e. The van der Waals surface area contributed by atoms with Crippen LogP contribution in [0.1, 0.15) is 48.8 Å². The minimum absolute atomic E-state index is 0.0767. The third kappa shape index (κ3) is 5.16. The molecule has 0 aliphatic carbocycles. The first kappa shape index (κ1) is 25.5. The molecule has 3 amide bonds. The van der Waals surface area contributed by atoms with Crippen molar-refractivity contribution in [2.45, 2.75) is 51.4 Å². The summed E-state index contributed by atoms with van der Waals surface area (Å²) in [7, 11) is 0. The van der Waals surface area contributed by atoms with Crippen LogP contribution in [0.2, 0.25) is 0 Å². The molecule has 4 rings (SSSR count). The summed E-state index contributed by atoms with van der Waals surface area (Å²) in [4.78, 5) is 42.2. The van der Waals surface area contributed by atoms with Gasteiger partial charge in [0.2, 0.25) is 0 Å². The van der Waals surface area contributed by atoms with Gasteiger partial charge in [0.15, 0.2) is 11.6 Å². The topological polar surface area (TPSA) is 143 Å². The highest BCUT2D eigenvalue weighted by atomic mass is 32.1. The zero-order valence-corrected chi connectivity index (χ0v) is 20.8. The highest BCUT2D eigenvalue weighted by molar-refractivity contribution is 7.09. The van der Waals surface area contributed by atoms with E-state index in [0.29, 0.717) is 28.5 Å². The average molecular weight is 520 g/mol. The predicted molar refractivity (Wildman–Crippen MR) is 129 cm³/mol. The second kappa shape index (κ2) is 9.82. The number of nitrogens with one attached hydrogen (secondary N) is 2. The summed E-state index contributed by atoms with van der Waals surface area (Å²) in [5, 5.41) is 15.2. The molecule has 2 aromatic heterocycles. The Hall–Kier alpha value is -3.58. The SMILES string of the molecule is C=Cc1cc(-c2nc(N[C@@H]3CCOC[C@@H]3NC(=O)OC(C)(C)C)c(F)c3c2C(=O)N(C(=O)O)C3)sn1. The Kier molecular flexibility index (Phi) is 6.96. The molecule has 2 aromatic rings. The van der Waals surface area contributed by atoms with Crippen LogP contribution in [-0.4, -0.2) is 68.4 Å². The molecule has 13 heteroatoms. The van der Waals surface area contributed by atoms with E-state index in [0.717, 1.165) is 11.5 Å². The Labute approximate surface area is 210 Å². The van der Waals surface area contributed by atoms with Crippen molar-refractivity contribution in [1.82, 2.24) is 19.6 Å². The van der Waals surface area contributed by atoms with E-state index < -0.39 is 48.1 Å². The summed E-state index contributed by atoms with van der Waals surface area (Å²) in [5.41, 5.74) is -0.234. The molecule has 0 spiro atoms. The Morgan fingerprint density at radius 2 is 2.14 bits per heavy atom. The van der Waals surface area contributed by atoms with Gasteiger partial charge < -0.3 is 25.2 Å². The number of imide groups is 1. The second-order valence-electron chi connectivity index (χ2n) is 9.34.